The van der Waals surface area contributed by atoms with E-state index in [2.05, 4.69) is 70.5 Å². The lowest BCUT2D eigenvalue weighted by atomic mass is 9.96. The van der Waals surface area contributed by atoms with E-state index in [1.807, 2.05) is 50.2 Å². The molecule has 0 saturated carbocycles. The zero-order chi connectivity index (χ0) is 23.5. The number of aryl methyl sites for hydroxylation is 1. The van der Waals surface area contributed by atoms with Crippen LogP contribution >= 0.6 is 0 Å². The summed E-state index contributed by atoms with van der Waals surface area (Å²) in [6, 6.07) is 33.7. The van der Waals surface area contributed by atoms with Gasteiger partial charge in [-0.2, -0.15) is 0 Å². The molecule has 0 radical (unpaired) electrons. The summed E-state index contributed by atoms with van der Waals surface area (Å²) in [6.07, 6.45) is 0. The Balaban J connectivity index is 1.36. The van der Waals surface area contributed by atoms with Crippen LogP contribution < -0.4 is 0 Å². The van der Waals surface area contributed by atoms with Crippen LogP contribution in [0, 0.1) is 6.92 Å². The largest absolute Gasteiger partial charge is 0.456 e. The molecule has 1 N–H and O–H groups in total. The molecule has 0 spiro atoms. The van der Waals surface area contributed by atoms with Gasteiger partial charge < -0.3 is 9.52 Å². The van der Waals surface area contributed by atoms with Crippen molar-refractivity contribution in [2.75, 3.05) is 26.2 Å². The van der Waals surface area contributed by atoms with Crippen LogP contribution in [0.2, 0.25) is 0 Å². The van der Waals surface area contributed by atoms with Gasteiger partial charge in [0, 0.05) is 31.7 Å². The van der Waals surface area contributed by atoms with Crippen molar-refractivity contribution < 1.29 is 9.52 Å². The molecule has 174 valence electrons. The Morgan fingerprint density at radius 1 is 0.765 bits per heavy atom. The first-order valence-corrected chi connectivity index (χ1v) is 12.0. The Bertz CT molecular complexity index is 1160. The summed E-state index contributed by atoms with van der Waals surface area (Å²) >= 11 is 0. The minimum Gasteiger partial charge on any atom is -0.456 e. The van der Waals surface area contributed by atoms with Gasteiger partial charge >= 0.3 is 0 Å². The minimum atomic E-state index is -1.17. The Labute approximate surface area is 202 Å². The van der Waals surface area contributed by atoms with E-state index in [1.165, 1.54) is 11.1 Å². The Morgan fingerprint density at radius 2 is 1.26 bits per heavy atom. The molecule has 0 bridgehead atoms. The zero-order valence-corrected chi connectivity index (χ0v) is 19.9. The maximum absolute atomic E-state index is 11.6. The van der Waals surface area contributed by atoms with Crippen molar-refractivity contribution >= 4 is 0 Å². The number of aliphatic hydroxyl groups is 1. The molecular weight excluding hydrogens is 420 g/mol. The predicted octanol–water partition coefficient (Wildman–Crippen LogP) is 5.83. The minimum absolute atomic E-state index is 0.199. The van der Waals surface area contributed by atoms with Gasteiger partial charge in [0.05, 0.1) is 6.04 Å². The van der Waals surface area contributed by atoms with E-state index in [9.17, 15) is 5.11 Å². The van der Waals surface area contributed by atoms with Gasteiger partial charge in [0.25, 0.3) is 0 Å². The third-order valence-corrected chi connectivity index (χ3v) is 6.93. The summed E-state index contributed by atoms with van der Waals surface area (Å²) in [5.41, 5.74) is 3.41. The van der Waals surface area contributed by atoms with Gasteiger partial charge in [0.2, 0.25) is 0 Å². The average Bonchev–Trinajstić information content (AvgIpc) is 3.29. The molecule has 4 heteroatoms. The number of hydrogen-bond acceptors (Lipinski definition) is 4. The van der Waals surface area contributed by atoms with Gasteiger partial charge in [0.15, 0.2) is 11.5 Å². The van der Waals surface area contributed by atoms with E-state index < -0.39 is 5.72 Å². The highest BCUT2D eigenvalue weighted by atomic mass is 16.4. The lowest BCUT2D eigenvalue weighted by Gasteiger charge is -2.44. The maximum atomic E-state index is 11.6. The number of hydrogen-bond donors (Lipinski definition) is 1. The Kier molecular flexibility index (Phi) is 6.38. The van der Waals surface area contributed by atoms with Crippen LogP contribution in [-0.4, -0.2) is 41.1 Å². The Morgan fingerprint density at radius 3 is 1.79 bits per heavy atom. The summed E-state index contributed by atoms with van der Waals surface area (Å²) < 4.78 is 6.23. The van der Waals surface area contributed by atoms with Crippen LogP contribution in [0.3, 0.4) is 0 Å². The van der Waals surface area contributed by atoms with E-state index in [0.717, 1.165) is 43.1 Å². The number of furan rings is 1. The molecule has 1 aromatic heterocycles. The van der Waals surface area contributed by atoms with Crippen molar-refractivity contribution in [1.29, 1.82) is 0 Å². The smallest absolute Gasteiger partial charge is 0.175 e. The van der Waals surface area contributed by atoms with Crippen LogP contribution in [0.4, 0.5) is 0 Å². The quantitative estimate of drug-likeness (QED) is 0.400. The van der Waals surface area contributed by atoms with Crippen LogP contribution in [0.15, 0.2) is 101 Å². The molecule has 0 aliphatic carbocycles. The first kappa shape index (κ1) is 22.6. The molecular formula is C30H32N2O2. The lowest BCUT2D eigenvalue weighted by molar-refractivity contribution is -0.132. The third-order valence-electron chi connectivity index (χ3n) is 6.93. The first-order chi connectivity index (χ1) is 16.5. The molecule has 1 fully saturated rings. The number of piperazine rings is 1. The summed E-state index contributed by atoms with van der Waals surface area (Å²) in [5.74, 6) is 1.42. The van der Waals surface area contributed by atoms with Crippen molar-refractivity contribution in [3.8, 4) is 11.3 Å². The first-order valence-electron chi connectivity index (χ1n) is 12.0. The normalized spacial score (nSPS) is 17.1. The third kappa shape index (κ3) is 4.45. The van der Waals surface area contributed by atoms with E-state index in [1.54, 1.807) is 0 Å². The fraction of sp³-hybridized carbons (Fsp3) is 0.267. The number of benzene rings is 3. The highest BCUT2D eigenvalue weighted by Crippen LogP contribution is 2.36. The molecule has 4 aromatic rings. The molecule has 5 rings (SSSR count). The monoisotopic (exact) mass is 452 g/mol. The second kappa shape index (κ2) is 9.59. The molecule has 2 heterocycles. The SMILES string of the molecule is Cc1cc(-c2ccccc2)oc1C(C)(O)N1CCN(C(c2ccccc2)c2ccccc2)CC1. The van der Waals surface area contributed by atoms with E-state index in [0.29, 0.717) is 5.76 Å². The van der Waals surface area contributed by atoms with Crippen molar-refractivity contribution in [1.82, 2.24) is 9.80 Å². The maximum Gasteiger partial charge on any atom is 0.175 e. The van der Waals surface area contributed by atoms with Crippen LogP contribution in [-0.2, 0) is 5.72 Å². The fourth-order valence-corrected chi connectivity index (χ4v) is 5.14. The van der Waals surface area contributed by atoms with E-state index in [-0.39, 0.29) is 6.04 Å². The van der Waals surface area contributed by atoms with E-state index in [4.69, 9.17) is 4.42 Å². The van der Waals surface area contributed by atoms with Crippen LogP contribution in [0.5, 0.6) is 0 Å². The van der Waals surface area contributed by atoms with Gasteiger partial charge in [-0.1, -0.05) is 91.0 Å². The van der Waals surface area contributed by atoms with Gasteiger partial charge in [0.1, 0.15) is 5.76 Å². The molecule has 1 atom stereocenters. The molecule has 0 amide bonds. The van der Waals surface area contributed by atoms with Gasteiger partial charge in [-0.15, -0.1) is 0 Å². The molecule has 1 aliphatic heterocycles. The van der Waals surface area contributed by atoms with Crippen LogP contribution in [0.1, 0.15) is 35.4 Å². The summed E-state index contributed by atoms with van der Waals surface area (Å²) in [6.45, 7) is 7.09. The molecule has 4 nitrogen and oxygen atoms in total. The second-order valence-corrected chi connectivity index (χ2v) is 9.26. The Hall–Kier alpha value is -3.18. The molecule has 1 aliphatic rings. The predicted molar refractivity (Wildman–Crippen MR) is 136 cm³/mol. The second-order valence-electron chi connectivity index (χ2n) is 9.26. The van der Waals surface area contributed by atoms with Gasteiger partial charge in [-0.25, -0.2) is 0 Å². The summed E-state index contributed by atoms with van der Waals surface area (Å²) in [5, 5.41) is 11.6. The molecule has 34 heavy (non-hydrogen) atoms. The van der Waals surface area contributed by atoms with Crippen molar-refractivity contribution in [2.24, 2.45) is 0 Å². The zero-order valence-electron chi connectivity index (χ0n) is 19.9. The summed E-state index contributed by atoms with van der Waals surface area (Å²) in [7, 11) is 0. The highest BCUT2D eigenvalue weighted by Gasteiger charge is 2.39. The molecule has 1 unspecified atom stereocenters. The average molecular weight is 453 g/mol. The van der Waals surface area contributed by atoms with Crippen molar-refractivity contribution in [3.63, 3.8) is 0 Å². The van der Waals surface area contributed by atoms with Crippen molar-refractivity contribution in [3.05, 3.63) is 120 Å². The van der Waals surface area contributed by atoms with E-state index >= 15 is 0 Å². The van der Waals surface area contributed by atoms with Crippen LogP contribution in [0.25, 0.3) is 11.3 Å². The molecule has 3 aromatic carbocycles. The standard InChI is InChI=1S/C30H32N2O2/c1-23-22-27(24-12-6-3-7-13-24)34-29(23)30(2,33)32-20-18-31(19-21-32)28(25-14-8-4-9-15-25)26-16-10-5-11-17-26/h3-17,22,28,33H,18-21H2,1-2H3. The topological polar surface area (TPSA) is 39.9 Å². The molecule has 1 saturated heterocycles. The number of nitrogens with zero attached hydrogens (tertiary/aromatic N) is 2. The lowest BCUT2D eigenvalue weighted by Crippen LogP contribution is -2.55. The van der Waals surface area contributed by atoms with Crippen molar-refractivity contribution in [2.45, 2.75) is 25.6 Å². The highest BCUT2D eigenvalue weighted by molar-refractivity contribution is 5.58. The fourth-order valence-electron chi connectivity index (χ4n) is 5.14. The number of rotatable bonds is 6. The summed E-state index contributed by atoms with van der Waals surface area (Å²) in [4.78, 5) is 4.65. The van der Waals surface area contributed by atoms with Gasteiger partial charge in [-0.05, 0) is 36.6 Å². The van der Waals surface area contributed by atoms with Gasteiger partial charge in [-0.3, -0.25) is 9.80 Å².